The first kappa shape index (κ1) is 11.5. The van der Waals surface area contributed by atoms with E-state index in [1.165, 1.54) is 25.9 Å². The predicted octanol–water partition coefficient (Wildman–Crippen LogP) is 1.39. The lowest BCUT2D eigenvalue weighted by molar-refractivity contribution is -0.121. The summed E-state index contributed by atoms with van der Waals surface area (Å²) in [5, 5.41) is 2.98. The molecule has 1 saturated heterocycles. The third-order valence-corrected chi connectivity index (χ3v) is 2.84. The zero-order chi connectivity index (χ0) is 10.4. The fraction of sp³-hybridized carbons (Fsp3) is 0.909. The molecule has 0 aromatic heterocycles. The third-order valence-electron chi connectivity index (χ3n) is 2.84. The second-order valence-corrected chi connectivity index (χ2v) is 4.15. The van der Waals surface area contributed by atoms with Gasteiger partial charge in [0.25, 0.3) is 0 Å². The quantitative estimate of drug-likeness (QED) is 0.724. The van der Waals surface area contributed by atoms with Crippen LogP contribution in [0.3, 0.4) is 0 Å². The van der Waals surface area contributed by atoms with E-state index in [0.717, 1.165) is 13.0 Å². The molecule has 1 heterocycles. The molecule has 3 nitrogen and oxygen atoms in total. The summed E-state index contributed by atoms with van der Waals surface area (Å²) in [6.07, 6.45) is 4.22. The zero-order valence-corrected chi connectivity index (χ0v) is 9.38. The number of nitrogens with zero attached hydrogens (tertiary/aromatic N) is 1. The molecule has 0 aliphatic carbocycles. The second-order valence-electron chi connectivity index (χ2n) is 4.15. The number of carbonyl (C=O) groups excluding carboxylic acids is 1. The van der Waals surface area contributed by atoms with Crippen LogP contribution in [-0.4, -0.2) is 36.5 Å². The van der Waals surface area contributed by atoms with Crippen LogP contribution in [0, 0.1) is 0 Å². The Morgan fingerprint density at radius 1 is 1.43 bits per heavy atom. The van der Waals surface area contributed by atoms with Crippen LogP contribution in [-0.2, 0) is 4.79 Å². The summed E-state index contributed by atoms with van der Waals surface area (Å²) in [5.74, 6) is 0.193. The van der Waals surface area contributed by atoms with Gasteiger partial charge in [-0.05, 0) is 39.3 Å². The number of carbonyl (C=O) groups is 1. The van der Waals surface area contributed by atoms with Gasteiger partial charge in [-0.25, -0.2) is 0 Å². The lowest BCUT2D eigenvalue weighted by atomic mass is 10.2. The number of hydrogen-bond acceptors (Lipinski definition) is 2. The van der Waals surface area contributed by atoms with Gasteiger partial charge in [0.05, 0.1) is 0 Å². The molecule has 0 spiro atoms. The lowest BCUT2D eigenvalue weighted by Crippen LogP contribution is -2.40. The van der Waals surface area contributed by atoms with Gasteiger partial charge >= 0.3 is 0 Å². The van der Waals surface area contributed by atoms with E-state index in [1.807, 2.05) is 6.92 Å². The van der Waals surface area contributed by atoms with Crippen molar-refractivity contribution in [3.63, 3.8) is 0 Å². The normalized spacial score (nSPS) is 19.6. The molecule has 0 radical (unpaired) electrons. The van der Waals surface area contributed by atoms with Crippen LogP contribution < -0.4 is 5.32 Å². The largest absolute Gasteiger partial charge is 0.355 e. The molecule has 1 N–H and O–H groups in total. The maximum absolute atomic E-state index is 11.2. The van der Waals surface area contributed by atoms with E-state index in [2.05, 4.69) is 17.1 Å². The van der Waals surface area contributed by atoms with E-state index in [4.69, 9.17) is 0 Å². The predicted molar refractivity (Wildman–Crippen MR) is 58.2 cm³/mol. The summed E-state index contributed by atoms with van der Waals surface area (Å²) in [6.45, 7) is 7.43. The van der Waals surface area contributed by atoms with Crippen molar-refractivity contribution in [1.82, 2.24) is 10.2 Å². The van der Waals surface area contributed by atoms with Gasteiger partial charge in [0.1, 0.15) is 0 Å². The Bertz CT molecular complexity index is 176. The Morgan fingerprint density at radius 2 is 2.07 bits per heavy atom. The topological polar surface area (TPSA) is 32.3 Å². The van der Waals surface area contributed by atoms with Crippen molar-refractivity contribution in [1.29, 1.82) is 0 Å². The average molecular weight is 198 g/mol. The molecular weight excluding hydrogens is 176 g/mol. The first-order chi connectivity index (χ1) is 6.74. The number of nitrogens with one attached hydrogen (secondary N) is 1. The van der Waals surface area contributed by atoms with Crippen LogP contribution in [0.25, 0.3) is 0 Å². The Morgan fingerprint density at radius 3 is 2.64 bits per heavy atom. The molecule has 1 amide bonds. The highest BCUT2D eigenvalue weighted by Crippen LogP contribution is 2.10. The van der Waals surface area contributed by atoms with Gasteiger partial charge in [-0.15, -0.1) is 0 Å². The molecular formula is C11H22N2O. The lowest BCUT2D eigenvalue weighted by Gasteiger charge is -2.23. The van der Waals surface area contributed by atoms with Gasteiger partial charge in [-0.3, -0.25) is 9.69 Å². The summed E-state index contributed by atoms with van der Waals surface area (Å²) in [5.41, 5.74) is 0. The fourth-order valence-electron chi connectivity index (χ4n) is 1.89. The number of hydrogen-bond donors (Lipinski definition) is 1. The maximum Gasteiger partial charge on any atom is 0.220 e. The minimum atomic E-state index is 0.193. The highest BCUT2D eigenvalue weighted by atomic mass is 16.1. The Balaban J connectivity index is 2.13. The standard InChI is InChI=1S/C11H22N2O/c1-3-6-11(14)12-9-10(2)13-7-4-5-8-13/h10H,3-9H2,1-2H3,(H,12,14). The fourth-order valence-corrected chi connectivity index (χ4v) is 1.89. The van der Waals surface area contributed by atoms with E-state index < -0.39 is 0 Å². The van der Waals surface area contributed by atoms with Crippen molar-refractivity contribution in [2.24, 2.45) is 0 Å². The van der Waals surface area contributed by atoms with Crippen LogP contribution in [0.15, 0.2) is 0 Å². The molecule has 1 rings (SSSR count). The van der Waals surface area contributed by atoms with E-state index in [0.29, 0.717) is 12.5 Å². The number of rotatable bonds is 5. The molecule has 82 valence electrons. The summed E-state index contributed by atoms with van der Waals surface area (Å²) in [7, 11) is 0. The van der Waals surface area contributed by atoms with E-state index >= 15 is 0 Å². The smallest absolute Gasteiger partial charge is 0.220 e. The van der Waals surface area contributed by atoms with Crippen molar-refractivity contribution < 1.29 is 4.79 Å². The van der Waals surface area contributed by atoms with Gasteiger partial charge in [0.15, 0.2) is 0 Å². The minimum absolute atomic E-state index is 0.193. The highest BCUT2D eigenvalue weighted by Gasteiger charge is 2.17. The van der Waals surface area contributed by atoms with Crippen LogP contribution in [0.4, 0.5) is 0 Å². The van der Waals surface area contributed by atoms with Crippen molar-refractivity contribution in [2.75, 3.05) is 19.6 Å². The molecule has 1 fully saturated rings. The summed E-state index contributed by atoms with van der Waals surface area (Å²) in [6, 6.07) is 0.498. The van der Waals surface area contributed by atoms with Crippen LogP contribution >= 0.6 is 0 Å². The molecule has 0 aromatic rings. The summed E-state index contributed by atoms with van der Waals surface area (Å²) >= 11 is 0. The molecule has 14 heavy (non-hydrogen) atoms. The van der Waals surface area contributed by atoms with Crippen LogP contribution in [0.5, 0.6) is 0 Å². The first-order valence-electron chi connectivity index (χ1n) is 5.74. The third kappa shape index (κ3) is 3.66. The van der Waals surface area contributed by atoms with Gasteiger partial charge in [0.2, 0.25) is 5.91 Å². The molecule has 0 saturated carbocycles. The molecule has 1 unspecified atom stereocenters. The van der Waals surface area contributed by atoms with Crippen molar-refractivity contribution in [3.05, 3.63) is 0 Å². The van der Waals surface area contributed by atoms with E-state index in [9.17, 15) is 4.79 Å². The van der Waals surface area contributed by atoms with E-state index in [-0.39, 0.29) is 5.91 Å². The second kappa shape index (κ2) is 6.02. The minimum Gasteiger partial charge on any atom is -0.355 e. The van der Waals surface area contributed by atoms with Gasteiger partial charge < -0.3 is 5.32 Å². The van der Waals surface area contributed by atoms with Crippen LogP contribution in [0.1, 0.15) is 39.5 Å². The Kier molecular flexibility index (Phi) is 4.94. The Labute approximate surface area is 86.9 Å². The molecule has 1 atom stereocenters. The van der Waals surface area contributed by atoms with Gasteiger partial charge in [-0.1, -0.05) is 6.92 Å². The molecule has 1 aliphatic heterocycles. The molecule has 1 aliphatic rings. The monoisotopic (exact) mass is 198 g/mol. The SMILES string of the molecule is CCCC(=O)NCC(C)N1CCCC1. The van der Waals surface area contributed by atoms with Crippen LogP contribution in [0.2, 0.25) is 0 Å². The van der Waals surface area contributed by atoms with Crippen molar-refractivity contribution in [2.45, 2.75) is 45.6 Å². The van der Waals surface area contributed by atoms with Gasteiger partial charge in [-0.2, -0.15) is 0 Å². The molecule has 3 heteroatoms. The molecule has 0 bridgehead atoms. The number of amides is 1. The Hall–Kier alpha value is -0.570. The van der Waals surface area contributed by atoms with Crippen molar-refractivity contribution >= 4 is 5.91 Å². The zero-order valence-electron chi connectivity index (χ0n) is 9.38. The van der Waals surface area contributed by atoms with E-state index in [1.54, 1.807) is 0 Å². The molecule has 0 aromatic carbocycles. The van der Waals surface area contributed by atoms with Crippen molar-refractivity contribution in [3.8, 4) is 0 Å². The van der Waals surface area contributed by atoms with Gasteiger partial charge in [0, 0.05) is 19.0 Å². The summed E-state index contributed by atoms with van der Waals surface area (Å²) in [4.78, 5) is 13.7. The first-order valence-corrected chi connectivity index (χ1v) is 5.74. The summed E-state index contributed by atoms with van der Waals surface area (Å²) < 4.78 is 0. The highest BCUT2D eigenvalue weighted by molar-refractivity contribution is 5.75. The maximum atomic E-state index is 11.2. The average Bonchev–Trinajstić information content (AvgIpc) is 2.67. The number of likely N-dealkylation sites (tertiary alicyclic amines) is 1.